The molecule has 1 aromatic rings. The fourth-order valence-electron chi connectivity index (χ4n) is 1.59. The topological polar surface area (TPSA) is 23.8 Å². The number of fused-ring (bicyclic) bond motifs is 1. The lowest BCUT2D eigenvalue weighted by Crippen LogP contribution is -1.87. The summed E-state index contributed by atoms with van der Waals surface area (Å²) in [6.45, 7) is 0. The summed E-state index contributed by atoms with van der Waals surface area (Å²) >= 11 is 0. The van der Waals surface area contributed by atoms with Gasteiger partial charge in [-0.1, -0.05) is 42.5 Å². The van der Waals surface area contributed by atoms with E-state index in [0.29, 0.717) is 0 Å². The second-order valence-electron chi connectivity index (χ2n) is 3.00. The molecule has 1 aliphatic rings. The van der Waals surface area contributed by atoms with Crippen LogP contribution in [-0.2, 0) is 0 Å². The van der Waals surface area contributed by atoms with Crippen LogP contribution in [0.25, 0.3) is 6.08 Å². The van der Waals surface area contributed by atoms with Gasteiger partial charge in [0, 0.05) is 12.0 Å². The van der Waals surface area contributed by atoms with Gasteiger partial charge in [-0.15, -0.1) is 0 Å². The Morgan fingerprint density at radius 1 is 1.31 bits per heavy atom. The number of rotatable bonds is 1. The number of nitriles is 1. The van der Waals surface area contributed by atoms with Gasteiger partial charge in [0.25, 0.3) is 0 Å². The van der Waals surface area contributed by atoms with Crippen LogP contribution in [0.3, 0.4) is 0 Å². The lowest BCUT2D eigenvalue weighted by Gasteiger charge is -2.03. The number of hydrogen-bond acceptors (Lipinski definition) is 1. The summed E-state index contributed by atoms with van der Waals surface area (Å²) in [5.74, 6) is 0.288. The quantitative estimate of drug-likeness (QED) is 0.590. The molecule has 2 rings (SSSR count). The molecule has 62 valence electrons. The lowest BCUT2D eigenvalue weighted by molar-refractivity contribution is 1.11. The molecule has 1 unspecified atom stereocenters. The molecule has 0 N–H and O–H groups in total. The maximum atomic E-state index is 8.41. The van der Waals surface area contributed by atoms with Crippen LogP contribution in [0.4, 0.5) is 0 Å². The summed E-state index contributed by atoms with van der Waals surface area (Å²) < 4.78 is 0. The van der Waals surface area contributed by atoms with Crippen LogP contribution in [-0.4, -0.2) is 0 Å². The predicted octanol–water partition coefficient (Wildman–Crippen LogP) is 2.88. The molecular weight excluding hydrogens is 158 g/mol. The zero-order chi connectivity index (χ0) is 9.10. The van der Waals surface area contributed by atoms with E-state index in [0.717, 1.165) is 0 Å². The average Bonchev–Trinajstić information content (AvgIpc) is 2.58. The van der Waals surface area contributed by atoms with Crippen molar-refractivity contribution < 1.29 is 0 Å². The third-order valence-corrected chi connectivity index (χ3v) is 2.22. The van der Waals surface area contributed by atoms with Crippen molar-refractivity contribution in [2.45, 2.75) is 5.92 Å². The summed E-state index contributed by atoms with van der Waals surface area (Å²) in [5, 5.41) is 8.41. The molecule has 0 aromatic heterocycles. The van der Waals surface area contributed by atoms with E-state index in [4.69, 9.17) is 5.26 Å². The second kappa shape index (κ2) is 3.28. The van der Waals surface area contributed by atoms with Crippen molar-refractivity contribution in [3.63, 3.8) is 0 Å². The molecule has 1 heteroatoms. The number of allylic oxidation sites excluding steroid dienone is 3. The van der Waals surface area contributed by atoms with Crippen LogP contribution in [0.5, 0.6) is 0 Å². The molecule has 0 amide bonds. The van der Waals surface area contributed by atoms with Gasteiger partial charge in [0.1, 0.15) is 0 Å². The van der Waals surface area contributed by atoms with Crippen molar-refractivity contribution in [3.05, 3.63) is 53.6 Å². The number of hydrogen-bond donors (Lipinski definition) is 0. The van der Waals surface area contributed by atoms with Gasteiger partial charge in [-0.25, -0.2) is 0 Å². The number of benzene rings is 1. The Hall–Kier alpha value is -1.81. The van der Waals surface area contributed by atoms with Crippen molar-refractivity contribution in [2.75, 3.05) is 0 Å². The van der Waals surface area contributed by atoms with Crippen molar-refractivity contribution in [1.29, 1.82) is 5.26 Å². The SMILES string of the molecule is N#CC=CC1C=Cc2ccccc21. The molecule has 13 heavy (non-hydrogen) atoms. The number of nitrogens with zero attached hydrogens (tertiary/aromatic N) is 1. The first-order valence-electron chi connectivity index (χ1n) is 4.25. The largest absolute Gasteiger partial charge is 0.193 e. The minimum atomic E-state index is 0.288. The van der Waals surface area contributed by atoms with Gasteiger partial charge in [0.15, 0.2) is 0 Å². The molecule has 1 atom stereocenters. The molecule has 1 nitrogen and oxygen atoms in total. The highest BCUT2D eigenvalue weighted by Gasteiger charge is 2.12. The van der Waals surface area contributed by atoms with E-state index in [1.807, 2.05) is 24.3 Å². The Balaban J connectivity index is 2.34. The van der Waals surface area contributed by atoms with Gasteiger partial charge in [0.05, 0.1) is 6.07 Å². The first kappa shape index (κ1) is 7.82. The van der Waals surface area contributed by atoms with E-state index in [-0.39, 0.29) is 5.92 Å². The molecule has 0 saturated heterocycles. The predicted molar refractivity (Wildman–Crippen MR) is 53.0 cm³/mol. The monoisotopic (exact) mass is 167 g/mol. The summed E-state index contributed by atoms with van der Waals surface area (Å²) in [4.78, 5) is 0. The fourth-order valence-corrected chi connectivity index (χ4v) is 1.59. The van der Waals surface area contributed by atoms with Gasteiger partial charge in [-0.3, -0.25) is 0 Å². The smallest absolute Gasteiger partial charge is 0.0909 e. The van der Waals surface area contributed by atoms with E-state index in [1.54, 1.807) is 0 Å². The highest BCUT2D eigenvalue weighted by molar-refractivity contribution is 5.63. The standard InChI is InChI=1S/C12H9N/c13-9-3-5-11-8-7-10-4-1-2-6-12(10)11/h1-8,11H. The van der Waals surface area contributed by atoms with E-state index >= 15 is 0 Å². The maximum Gasteiger partial charge on any atom is 0.0909 e. The highest BCUT2D eigenvalue weighted by Crippen LogP contribution is 2.30. The van der Waals surface area contributed by atoms with Crippen molar-refractivity contribution in [3.8, 4) is 6.07 Å². The molecule has 0 spiro atoms. The molecule has 0 saturated carbocycles. The molecule has 1 aromatic carbocycles. The second-order valence-corrected chi connectivity index (χ2v) is 3.00. The van der Waals surface area contributed by atoms with Crippen LogP contribution in [0.1, 0.15) is 17.0 Å². The van der Waals surface area contributed by atoms with Crippen LogP contribution in [0, 0.1) is 11.3 Å². The van der Waals surface area contributed by atoms with Crippen LogP contribution in [0.2, 0.25) is 0 Å². The van der Waals surface area contributed by atoms with Crippen LogP contribution in [0.15, 0.2) is 42.5 Å². The fraction of sp³-hybridized carbons (Fsp3) is 0.0833. The van der Waals surface area contributed by atoms with E-state index in [2.05, 4.69) is 24.3 Å². The van der Waals surface area contributed by atoms with E-state index in [1.165, 1.54) is 17.2 Å². The lowest BCUT2D eigenvalue weighted by atomic mass is 10.0. The Bertz CT molecular complexity index is 407. The summed E-state index contributed by atoms with van der Waals surface area (Å²) in [6, 6.07) is 10.3. The van der Waals surface area contributed by atoms with Crippen molar-refractivity contribution >= 4 is 6.08 Å². The van der Waals surface area contributed by atoms with Gasteiger partial charge < -0.3 is 0 Å². The van der Waals surface area contributed by atoms with Gasteiger partial charge in [-0.2, -0.15) is 5.26 Å². The van der Waals surface area contributed by atoms with Crippen LogP contribution >= 0.6 is 0 Å². The van der Waals surface area contributed by atoms with Crippen LogP contribution < -0.4 is 0 Å². The van der Waals surface area contributed by atoms with Gasteiger partial charge >= 0.3 is 0 Å². The molecule has 0 radical (unpaired) electrons. The van der Waals surface area contributed by atoms with Crippen molar-refractivity contribution in [2.24, 2.45) is 0 Å². The third-order valence-electron chi connectivity index (χ3n) is 2.22. The Kier molecular flexibility index (Phi) is 1.97. The minimum absolute atomic E-state index is 0.288. The van der Waals surface area contributed by atoms with Crippen molar-refractivity contribution in [1.82, 2.24) is 0 Å². The zero-order valence-corrected chi connectivity index (χ0v) is 7.14. The molecular formula is C12H9N. The normalized spacial score (nSPS) is 18.8. The zero-order valence-electron chi connectivity index (χ0n) is 7.14. The van der Waals surface area contributed by atoms with Gasteiger partial charge in [0.2, 0.25) is 0 Å². The Morgan fingerprint density at radius 3 is 3.00 bits per heavy atom. The van der Waals surface area contributed by atoms with Gasteiger partial charge in [-0.05, 0) is 11.1 Å². The third kappa shape index (κ3) is 1.39. The summed E-state index contributed by atoms with van der Waals surface area (Å²) in [6.07, 6.45) is 7.67. The molecule has 0 aliphatic heterocycles. The average molecular weight is 167 g/mol. The molecule has 0 heterocycles. The summed E-state index contributed by atoms with van der Waals surface area (Å²) in [7, 11) is 0. The Morgan fingerprint density at radius 2 is 2.15 bits per heavy atom. The van der Waals surface area contributed by atoms with E-state index < -0.39 is 0 Å². The maximum absolute atomic E-state index is 8.41. The molecule has 0 fully saturated rings. The Labute approximate surface area is 77.6 Å². The van der Waals surface area contributed by atoms with E-state index in [9.17, 15) is 0 Å². The highest BCUT2D eigenvalue weighted by atomic mass is 14.2. The first-order chi connectivity index (χ1) is 6.42. The summed E-state index contributed by atoms with van der Waals surface area (Å²) in [5.41, 5.74) is 2.55. The minimum Gasteiger partial charge on any atom is -0.193 e. The first-order valence-corrected chi connectivity index (χ1v) is 4.25. The molecule has 1 aliphatic carbocycles. The molecule has 0 bridgehead atoms.